The van der Waals surface area contributed by atoms with Crippen LogP contribution in [0.2, 0.25) is 0 Å². The molecule has 0 radical (unpaired) electrons. The first-order chi connectivity index (χ1) is 10.7. The molecule has 2 aromatic heterocycles. The van der Waals surface area contributed by atoms with E-state index in [1.165, 1.54) is 0 Å². The molecular formula is C15H18N4O3. The number of nitrogens with zero attached hydrogens (tertiary/aromatic N) is 4. The minimum absolute atomic E-state index is 0.0269. The first-order valence-corrected chi connectivity index (χ1v) is 7.32. The monoisotopic (exact) mass is 302 g/mol. The molecule has 0 N–H and O–H groups in total. The molecule has 1 amide bonds. The van der Waals surface area contributed by atoms with Gasteiger partial charge in [-0.1, -0.05) is 5.16 Å². The van der Waals surface area contributed by atoms with Crippen molar-refractivity contribution in [2.45, 2.75) is 32.5 Å². The lowest BCUT2D eigenvalue weighted by molar-refractivity contribution is -0.00978. The zero-order chi connectivity index (χ0) is 15.4. The Balaban J connectivity index is 1.47. The molecule has 0 bridgehead atoms. The summed E-state index contributed by atoms with van der Waals surface area (Å²) >= 11 is 0. The highest BCUT2D eigenvalue weighted by Gasteiger charge is 2.24. The summed E-state index contributed by atoms with van der Waals surface area (Å²) in [5.41, 5.74) is 0.628. The van der Waals surface area contributed by atoms with Crippen LogP contribution in [0.15, 0.2) is 29.0 Å². The Bertz CT molecular complexity index is 621. The molecule has 1 saturated heterocycles. The Kier molecular flexibility index (Phi) is 4.43. The van der Waals surface area contributed by atoms with Crippen molar-refractivity contribution in [3.05, 3.63) is 41.8 Å². The van der Waals surface area contributed by atoms with Crippen LogP contribution < -0.4 is 0 Å². The van der Waals surface area contributed by atoms with E-state index in [2.05, 4.69) is 15.1 Å². The highest BCUT2D eigenvalue weighted by atomic mass is 16.5. The quantitative estimate of drug-likeness (QED) is 0.853. The lowest BCUT2D eigenvalue weighted by atomic mass is 10.1. The summed E-state index contributed by atoms with van der Waals surface area (Å²) in [5, 5.41) is 3.72. The number of ether oxygens (including phenoxy) is 1. The van der Waals surface area contributed by atoms with Gasteiger partial charge in [0.1, 0.15) is 6.61 Å². The molecular weight excluding hydrogens is 284 g/mol. The molecule has 2 aromatic rings. The van der Waals surface area contributed by atoms with E-state index in [1.807, 2.05) is 4.90 Å². The number of pyridine rings is 1. The van der Waals surface area contributed by atoms with Crippen molar-refractivity contribution < 1.29 is 14.1 Å². The van der Waals surface area contributed by atoms with Crippen LogP contribution in [0.1, 0.15) is 34.9 Å². The summed E-state index contributed by atoms with van der Waals surface area (Å²) in [4.78, 5) is 22.2. The second-order valence-electron chi connectivity index (χ2n) is 5.28. The van der Waals surface area contributed by atoms with Crippen molar-refractivity contribution in [1.82, 2.24) is 20.0 Å². The Morgan fingerprint density at radius 1 is 1.45 bits per heavy atom. The molecule has 116 valence electrons. The number of piperidine rings is 1. The fourth-order valence-electron chi connectivity index (χ4n) is 2.49. The number of amides is 1. The van der Waals surface area contributed by atoms with Crippen LogP contribution in [0.5, 0.6) is 0 Å². The average molecular weight is 302 g/mol. The van der Waals surface area contributed by atoms with Gasteiger partial charge in [0.25, 0.3) is 11.8 Å². The van der Waals surface area contributed by atoms with E-state index in [0.717, 1.165) is 12.8 Å². The molecule has 3 rings (SSSR count). The van der Waals surface area contributed by atoms with Gasteiger partial charge in [0, 0.05) is 25.5 Å². The van der Waals surface area contributed by atoms with E-state index in [-0.39, 0.29) is 12.0 Å². The van der Waals surface area contributed by atoms with Crippen molar-refractivity contribution in [3.63, 3.8) is 0 Å². The van der Waals surface area contributed by atoms with Crippen molar-refractivity contribution in [1.29, 1.82) is 0 Å². The summed E-state index contributed by atoms with van der Waals surface area (Å²) in [5.74, 6) is 1.13. The van der Waals surface area contributed by atoms with Gasteiger partial charge >= 0.3 is 0 Å². The highest BCUT2D eigenvalue weighted by molar-refractivity contribution is 5.93. The summed E-state index contributed by atoms with van der Waals surface area (Å²) < 4.78 is 10.8. The van der Waals surface area contributed by atoms with Crippen molar-refractivity contribution in [3.8, 4) is 0 Å². The molecule has 0 spiro atoms. The summed E-state index contributed by atoms with van der Waals surface area (Å²) in [6.07, 6.45) is 4.99. The fraction of sp³-hybridized carbons (Fsp3) is 0.467. The van der Waals surface area contributed by atoms with Gasteiger partial charge in [-0.25, -0.2) is 0 Å². The average Bonchev–Trinajstić information content (AvgIpc) is 2.99. The van der Waals surface area contributed by atoms with Crippen molar-refractivity contribution >= 4 is 5.91 Å². The van der Waals surface area contributed by atoms with Crippen molar-refractivity contribution in [2.24, 2.45) is 0 Å². The van der Waals surface area contributed by atoms with Gasteiger partial charge in [0.05, 0.1) is 11.7 Å². The lowest BCUT2D eigenvalue weighted by Crippen LogP contribution is -2.40. The first kappa shape index (κ1) is 14.6. The molecule has 7 nitrogen and oxygen atoms in total. The molecule has 3 heterocycles. The van der Waals surface area contributed by atoms with Crippen LogP contribution in [0.3, 0.4) is 0 Å². The second kappa shape index (κ2) is 6.65. The number of rotatable bonds is 4. The molecule has 0 aliphatic carbocycles. The molecule has 1 aliphatic rings. The normalized spacial score (nSPS) is 16.0. The molecule has 0 aromatic carbocycles. The third-order valence-electron chi connectivity index (χ3n) is 3.65. The van der Waals surface area contributed by atoms with E-state index >= 15 is 0 Å². The summed E-state index contributed by atoms with van der Waals surface area (Å²) in [6.45, 7) is 3.46. The zero-order valence-corrected chi connectivity index (χ0v) is 12.4. The van der Waals surface area contributed by atoms with E-state index in [0.29, 0.717) is 37.0 Å². The highest BCUT2D eigenvalue weighted by Crippen LogP contribution is 2.17. The van der Waals surface area contributed by atoms with Crippen LogP contribution in [-0.4, -0.2) is 45.1 Å². The molecule has 0 saturated carbocycles. The van der Waals surface area contributed by atoms with E-state index in [1.54, 1.807) is 31.5 Å². The van der Waals surface area contributed by atoms with Crippen LogP contribution in [0, 0.1) is 6.92 Å². The summed E-state index contributed by atoms with van der Waals surface area (Å²) in [6, 6.07) is 3.56. The summed E-state index contributed by atoms with van der Waals surface area (Å²) in [7, 11) is 0. The van der Waals surface area contributed by atoms with Crippen LogP contribution in [0.4, 0.5) is 0 Å². The number of aryl methyl sites for hydroxylation is 1. The third-order valence-corrected chi connectivity index (χ3v) is 3.65. The maximum atomic E-state index is 12.3. The zero-order valence-electron chi connectivity index (χ0n) is 12.4. The second-order valence-corrected chi connectivity index (χ2v) is 5.28. The first-order valence-electron chi connectivity index (χ1n) is 7.32. The van der Waals surface area contributed by atoms with Gasteiger partial charge < -0.3 is 14.2 Å². The molecule has 0 atom stereocenters. The maximum absolute atomic E-state index is 12.3. The van der Waals surface area contributed by atoms with Gasteiger partial charge in [-0.15, -0.1) is 0 Å². The largest absolute Gasteiger partial charge is 0.368 e. The van der Waals surface area contributed by atoms with Gasteiger partial charge in [-0.3, -0.25) is 9.78 Å². The number of carbonyl (C=O) groups is 1. The Morgan fingerprint density at radius 3 is 2.91 bits per heavy atom. The van der Waals surface area contributed by atoms with Crippen LogP contribution in [0.25, 0.3) is 0 Å². The van der Waals surface area contributed by atoms with E-state index < -0.39 is 0 Å². The minimum Gasteiger partial charge on any atom is -0.368 e. The maximum Gasteiger partial charge on any atom is 0.255 e. The van der Waals surface area contributed by atoms with Gasteiger partial charge in [0.2, 0.25) is 0 Å². The van der Waals surface area contributed by atoms with Crippen LogP contribution in [-0.2, 0) is 11.3 Å². The molecule has 7 heteroatoms. The number of hydrogen-bond donors (Lipinski definition) is 0. The van der Waals surface area contributed by atoms with Gasteiger partial charge in [-0.2, -0.15) is 4.98 Å². The number of likely N-dealkylation sites (tertiary alicyclic amines) is 1. The standard InChI is InChI=1S/C15H18N4O3/c1-11-17-14(22-18-11)10-21-13-4-7-19(8-5-13)15(20)12-3-2-6-16-9-12/h2-3,6,9,13H,4-5,7-8,10H2,1H3. The van der Waals surface area contributed by atoms with Crippen molar-refractivity contribution in [2.75, 3.05) is 13.1 Å². The van der Waals surface area contributed by atoms with E-state index in [4.69, 9.17) is 9.26 Å². The van der Waals surface area contributed by atoms with Crippen LogP contribution >= 0.6 is 0 Å². The minimum atomic E-state index is 0.0269. The third kappa shape index (κ3) is 3.48. The molecule has 0 unspecified atom stereocenters. The number of aromatic nitrogens is 3. The Labute approximate surface area is 128 Å². The van der Waals surface area contributed by atoms with Gasteiger partial charge in [-0.05, 0) is 31.9 Å². The molecule has 1 fully saturated rings. The van der Waals surface area contributed by atoms with Gasteiger partial charge in [0.15, 0.2) is 5.82 Å². The number of hydrogen-bond acceptors (Lipinski definition) is 6. The van der Waals surface area contributed by atoms with E-state index in [9.17, 15) is 4.79 Å². The Morgan fingerprint density at radius 2 is 2.27 bits per heavy atom. The fourth-order valence-corrected chi connectivity index (χ4v) is 2.49. The number of carbonyl (C=O) groups excluding carboxylic acids is 1. The molecule has 1 aliphatic heterocycles. The topological polar surface area (TPSA) is 81.4 Å². The molecule has 22 heavy (non-hydrogen) atoms. The predicted octanol–water partition coefficient (Wildman–Crippen LogP) is 1.59. The predicted molar refractivity (Wildman–Crippen MR) is 77.0 cm³/mol. The Hall–Kier alpha value is -2.28. The SMILES string of the molecule is Cc1noc(COC2CCN(C(=O)c3cccnc3)CC2)n1. The smallest absolute Gasteiger partial charge is 0.255 e. The lowest BCUT2D eigenvalue weighted by Gasteiger charge is -2.31.